The van der Waals surface area contributed by atoms with Crippen molar-refractivity contribution >= 4 is 29.1 Å². The number of aromatic nitrogens is 2. The van der Waals surface area contributed by atoms with Crippen LogP contribution in [0.4, 0.5) is 10.1 Å². The minimum Gasteiger partial charge on any atom is -0.416 e. The Hall–Kier alpha value is -2.22. The van der Waals surface area contributed by atoms with Crippen LogP contribution in [0.15, 0.2) is 27.8 Å². The van der Waals surface area contributed by atoms with Gasteiger partial charge in [-0.05, 0) is 31.0 Å². The number of carbonyl (C=O) groups is 2. The summed E-state index contributed by atoms with van der Waals surface area (Å²) in [7, 11) is 0. The van der Waals surface area contributed by atoms with Crippen LogP contribution >= 0.6 is 11.8 Å². The molecule has 0 bridgehead atoms. The molecule has 8 heteroatoms. The van der Waals surface area contributed by atoms with Crippen LogP contribution in [0.3, 0.4) is 0 Å². The van der Waals surface area contributed by atoms with Gasteiger partial charge in [0, 0.05) is 18.5 Å². The third kappa shape index (κ3) is 4.69. The van der Waals surface area contributed by atoms with Crippen molar-refractivity contribution in [1.82, 2.24) is 10.2 Å². The molecule has 1 aromatic carbocycles. The first kappa shape index (κ1) is 18.6. The molecule has 1 fully saturated rings. The average molecular weight is 377 g/mol. The van der Waals surface area contributed by atoms with Crippen molar-refractivity contribution in [2.24, 2.45) is 0 Å². The molecule has 1 amide bonds. The van der Waals surface area contributed by atoms with Crippen molar-refractivity contribution in [3.8, 4) is 0 Å². The SMILES string of the molecule is CC(=O)Nc1ccc(C(=O)CSc2nnc(C3CCCCC3)o2)c(F)c1. The number of hydrogen-bond acceptors (Lipinski definition) is 6. The Morgan fingerprint density at radius 3 is 2.73 bits per heavy atom. The molecule has 0 aliphatic heterocycles. The lowest BCUT2D eigenvalue weighted by Crippen LogP contribution is -2.09. The van der Waals surface area contributed by atoms with Gasteiger partial charge in [-0.2, -0.15) is 0 Å². The number of nitrogens with zero attached hydrogens (tertiary/aromatic N) is 2. The molecular formula is C18H20FN3O3S. The highest BCUT2D eigenvalue weighted by Crippen LogP contribution is 2.33. The van der Waals surface area contributed by atoms with Crippen LogP contribution in [0, 0.1) is 5.82 Å². The number of anilines is 1. The molecule has 26 heavy (non-hydrogen) atoms. The highest BCUT2D eigenvalue weighted by Gasteiger charge is 2.22. The molecule has 6 nitrogen and oxygen atoms in total. The van der Waals surface area contributed by atoms with E-state index in [1.54, 1.807) is 0 Å². The molecule has 0 atom stereocenters. The van der Waals surface area contributed by atoms with E-state index in [0.717, 1.165) is 30.7 Å². The maximum Gasteiger partial charge on any atom is 0.277 e. The summed E-state index contributed by atoms with van der Waals surface area (Å²) >= 11 is 1.11. The zero-order chi connectivity index (χ0) is 18.5. The number of carbonyl (C=O) groups excluding carboxylic acids is 2. The Bertz CT molecular complexity index is 803. The number of rotatable bonds is 6. The molecule has 1 N–H and O–H groups in total. The summed E-state index contributed by atoms with van der Waals surface area (Å²) in [4.78, 5) is 23.2. The molecule has 0 spiro atoms. The average Bonchev–Trinajstić information content (AvgIpc) is 3.09. The third-order valence-corrected chi connectivity index (χ3v) is 5.11. The van der Waals surface area contributed by atoms with Gasteiger partial charge in [-0.3, -0.25) is 9.59 Å². The summed E-state index contributed by atoms with van der Waals surface area (Å²) in [6, 6.07) is 3.99. The van der Waals surface area contributed by atoms with E-state index >= 15 is 0 Å². The van der Waals surface area contributed by atoms with Crippen LogP contribution in [0.1, 0.15) is 61.2 Å². The highest BCUT2D eigenvalue weighted by molar-refractivity contribution is 7.99. The zero-order valence-corrected chi connectivity index (χ0v) is 15.3. The minimum atomic E-state index is -0.671. The maximum absolute atomic E-state index is 14.1. The van der Waals surface area contributed by atoms with Gasteiger partial charge in [-0.1, -0.05) is 31.0 Å². The first-order valence-electron chi connectivity index (χ1n) is 8.59. The predicted molar refractivity (Wildman–Crippen MR) is 95.9 cm³/mol. The molecule has 0 saturated heterocycles. The molecule has 2 aromatic rings. The number of hydrogen-bond donors (Lipinski definition) is 1. The first-order valence-corrected chi connectivity index (χ1v) is 9.58. The molecule has 1 aliphatic rings. The van der Waals surface area contributed by atoms with E-state index in [4.69, 9.17) is 4.42 Å². The molecule has 1 aliphatic carbocycles. The summed E-state index contributed by atoms with van der Waals surface area (Å²) < 4.78 is 19.7. The monoisotopic (exact) mass is 377 g/mol. The van der Waals surface area contributed by atoms with E-state index < -0.39 is 5.82 Å². The summed E-state index contributed by atoms with van der Waals surface area (Å²) in [6.07, 6.45) is 5.69. The maximum atomic E-state index is 14.1. The number of amides is 1. The van der Waals surface area contributed by atoms with Gasteiger partial charge < -0.3 is 9.73 Å². The normalized spacial score (nSPS) is 15.0. The van der Waals surface area contributed by atoms with E-state index in [1.807, 2.05) is 0 Å². The fourth-order valence-corrected chi connectivity index (χ4v) is 3.67. The van der Waals surface area contributed by atoms with Gasteiger partial charge in [0.15, 0.2) is 5.78 Å². The van der Waals surface area contributed by atoms with Crippen LogP contribution in [-0.4, -0.2) is 27.6 Å². The van der Waals surface area contributed by atoms with Crippen molar-refractivity contribution in [1.29, 1.82) is 0 Å². The number of Topliss-reactive ketones (excluding diaryl/α,β-unsaturated/α-hetero) is 1. The van der Waals surface area contributed by atoms with Crippen molar-refractivity contribution in [2.45, 2.75) is 50.2 Å². The Morgan fingerprint density at radius 2 is 2.04 bits per heavy atom. The fourth-order valence-electron chi connectivity index (χ4n) is 3.02. The lowest BCUT2D eigenvalue weighted by Gasteiger charge is -2.17. The van der Waals surface area contributed by atoms with Crippen LogP contribution in [0.5, 0.6) is 0 Å². The molecule has 1 heterocycles. The van der Waals surface area contributed by atoms with Crippen molar-refractivity contribution in [3.05, 3.63) is 35.5 Å². The molecule has 1 aromatic heterocycles. The van der Waals surface area contributed by atoms with Crippen LogP contribution in [0.2, 0.25) is 0 Å². The van der Waals surface area contributed by atoms with E-state index in [9.17, 15) is 14.0 Å². The molecule has 3 rings (SSSR count). The summed E-state index contributed by atoms with van der Waals surface area (Å²) in [5, 5.41) is 10.9. The number of benzene rings is 1. The summed E-state index contributed by atoms with van der Waals surface area (Å²) in [5.41, 5.74) is 0.284. The molecule has 138 valence electrons. The lowest BCUT2D eigenvalue weighted by molar-refractivity contribution is -0.114. The fraction of sp³-hybridized carbons (Fsp3) is 0.444. The Kier molecular flexibility index (Phi) is 6.03. The van der Waals surface area contributed by atoms with Gasteiger partial charge in [-0.25, -0.2) is 4.39 Å². The van der Waals surface area contributed by atoms with Gasteiger partial charge in [-0.15, -0.1) is 10.2 Å². The van der Waals surface area contributed by atoms with Crippen molar-refractivity contribution in [3.63, 3.8) is 0 Å². The number of ketones is 1. The number of halogens is 1. The standard InChI is InChI=1S/C18H20FN3O3S/c1-11(23)20-13-7-8-14(15(19)9-13)16(24)10-26-18-22-21-17(25-18)12-5-3-2-4-6-12/h7-9,12H,2-6,10H2,1H3,(H,20,23). The van der Waals surface area contributed by atoms with E-state index in [2.05, 4.69) is 15.5 Å². The minimum absolute atomic E-state index is 0.00268. The molecule has 0 radical (unpaired) electrons. The first-order chi connectivity index (χ1) is 12.5. The zero-order valence-electron chi connectivity index (χ0n) is 14.5. The highest BCUT2D eigenvalue weighted by atomic mass is 32.2. The Morgan fingerprint density at radius 1 is 1.27 bits per heavy atom. The molecular weight excluding hydrogens is 357 g/mol. The predicted octanol–water partition coefficient (Wildman–Crippen LogP) is 4.19. The molecule has 0 unspecified atom stereocenters. The second-order valence-electron chi connectivity index (χ2n) is 6.33. The topological polar surface area (TPSA) is 85.1 Å². The van der Waals surface area contributed by atoms with Crippen LogP contribution in [0.25, 0.3) is 0 Å². The smallest absolute Gasteiger partial charge is 0.277 e. The Balaban J connectivity index is 1.58. The number of thioether (sulfide) groups is 1. The third-order valence-electron chi connectivity index (χ3n) is 4.29. The van der Waals surface area contributed by atoms with Crippen LogP contribution < -0.4 is 5.32 Å². The number of nitrogens with one attached hydrogen (secondary N) is 1. The van der Waals surface area contributed by atoms with Crippen molar-refractivity contribution in [2.75, 3.05) is 11.1 Å². The van der Waals surface area contributed by atoms with E-state index in [0.29, 0.717) is 22.7 Å². The largest absolute Gasteiger partial charge is 0.416 e. The summed E-state index contributed by atoms with van der Waals surface area (Å²) in [6.45, 7) is 1.33. The van der Waals surface area contributed by atoms with Gasteiger partial charge in [0.05, 0.1) is 11.3 Å². The summed E-state index contributed by atoms with van der Waals surface area (Å²) in [5.74, 6) is -0.410. The van der Waals surface area contributed by atoms with Crippen molar-refractivity contribution < 1.29 is 18.4 Å². The second-order valence-corrected chi connectivity index (χ2v) is 7.26. The second kappa shape index (κ2) is 8.44. The van der Waals surface area contributed by atoms with Gasteiger partial charge in [0.25, 0.3) is 5.22 Å². The van der Waals surface area contributed by atoms with Gasteiger partial charge in [0.2, 0.25) is 11.8 Å². The van der Waals surface area contributed by atoms with E-state index in [1.165, 1.54) is 38.3 Å². The van der Waals surface area contributed by atoms with Crippen LogP contribution in [-0.2, 0) is 4.79 Å². The Labute approximate surface area is 154 Å². The quantitative estimate of drug-likeness (QED) is 0.600. The van der Waals surface area contributed by atoms with Gasteiger partial charge >= 0.3 is 0 Å². The van der Waals surface area contributed by atoms with E-state index in [-0.39, 0.29) is 23.0 Å². The molecule has 1 saturated carbocycles. The van der Waals surface area contributed by atoms with Gasteiger partial charge in [0.1, 0.15) is 5.82 Å². The lowest BCUT2D eigenvalue weighted by atomic mass is 9.89.